The molecule has 0 heterocycles. The van der Waals surface area contributed by atoms with E-state index < -0.39 is 0 Å². The molecule has 0 radical (unpaired) electrons. The molecule has 0 aromatic rings. The van der Waals surface area contributed by atoms with Crippen molar-refractivity contribution in [2.75, 3.05) is 12.4 Å². The molecule has 14 heavy (non-hydrogen) atoms. The van der Waals surface area contributed by atoms with Crippen molar-refractivity contribution >= 4 is 11.6 Å². The Labute approximate surface area is 93.6 Å². The van der Waals surface area contributed by atoms with Gasteiger partial charge in [0.2, 0.25) is 0 Å². The largest absolute Gasteiger partial charge is 0.314 e. The van der Waals surface area contributed by atoms with Gasteiger partial charge in [0.1, 0.15) is 0 Å². The molecule has 0 aromatic heterocycles. The molecule has 0 bridgehead atoms. The topological polar surface area (TPSA) is 12.0 Å². The Kier molecular flexibility index (Phi) is 6.63. The number of hydrogen-bond donors (Lipinski definition) is 1. The van der Waals surface area contributed by atoms with Crippen LogP contribution in [0, 0.1) is 5.92 Å². The molecule has 1 aliphatic rings. The normalized spacial score (nSPS) is 27.9. The van der Waals surface area contributed by atoms with E-state index in [0.717, 1.165) is 11.8 Å². The number of alkyl halides is 1. The van der Waals surface area contributed by atoms with Gasteiger partial charge in [-0.15, -0.1) is 11.6 Å². The molecule has 2 unspecified atom stereocenters. The molecule has 1 aliphatic carbocycles. The highest BCUT2D eigenvalue weighted by molar-refractivity contribution is 6.18. The molecule has 0 spiro atoms. The van der Waals surface area contributed by atoms with E-state index in [0.29, 0.717) is 6.04 Å². The zero-order valence-electron chi connectivity index (χ0n) is 9.40. The number of nitrogens with one attached hydrogen (secondary N) is 1. The van der Waals surface area contributed by atoms with Gasteiger partial charge in [-0.05, 0) is 31.7 Å². The van der Waals surface area contributed by atoms with E-state index >= 15 is 0 Å². The fraction of sp³-hybridized carbons (Fsp3) is 1.00. The first-order valence-corrected chi connectivity index (χ1v) is 6.71. The highest BCUT2D eigenvalue weighted by Gasteiger charge is 2.23. The van der Waals surface area contributed by atoms with Crippen molar-refractivity contribution < 1.29 is 0 Å². The van der Waals surface area contributed by atoms with Crippen molar-refractivity contribution in [3.63, 3.8) is 0 Å². The van der Waals surface area contributed by atoms with Gasteiger partial charge in [-0.25, -0.2) is 0 Å². The maximum absolute atomic E-state index is 5.98. The third kappa shape index (κ3) is 4.18. The van der Waals surface area contributed by atoms with Gasteiger partial charge in [0.15, 0.2) is 0 Å². The molecule has 0 saturated heterocycles. The second-order valence-electron chi connectivity index (χ2n) is 4.47. The van der Waals surface area contributed by atoms with Crippen LogP contribution in [0.15, 0.2) is 0 Å². The van der Waals surface area contributed by atoms with E-state index in [4.69, 9.17) is 11.6 Å². The molecule has 1 fully saturated rings. The predicted octanol–water partition coefficient (Wildman–Crippen LogP) is 3.56. The molecule has 1 saturated carbocycles. The van der Waals surface area contributed by atoms with Crippen LogP contribution in [-0.2, 0) is 0 Å². The lowest BCUT2D eigenvalue weighted by atomic mass is 9.86. The maximum atomic E-state index is 5.98. The number of unbranched alkanes of at least 4 members (excludes halogenated alkanes) is 2. The Morgan fingerprint density at radius 1 is 1.21 bits per heavy atom. The predicted molar refractivity (Wildman–Crippen MR) is 64.0 cm³/mol. The lowest BCUT2D eigenvalue weighted by Gasteiger charge is -2.31. The van der Waals surface area contributed by atoms with Gasteiger partial charge < -0.3 is 5.32 Å². The fourth-order valence-corrected chi connectivity index (χ4v) is 2.69. The first kappa shape index (κ1) is 12.3. The number of hydrogen-bond acceptors (Lipinski definition) is 1. The van der Waals surface area contributed by atoms with Crippen LogP contribution in [0.3, 0.4) is 0 Å². The van der Waals surface area contributed by atoms with E-state index in [1.54, 1.807) is 0 Å². The second kappa shape index (κ2) is 7.53. The van der Waals surface area contributed by atoms with Crippen LogP contribution in [0.4, 0.5) is 0 Å². The first-order chi connectivity index (χ1) is 6.88. The number of rotatable bonds is 6. The highest BCUT2D eigenvalue weighted by Crippen LogP contribution is 2.25. The third-order valence-corrected chi connectivity index (χ3v) is 3.69. The lowest BCUT2D eigenvalue weighted by molar-refractivity contribution is 0.283. The molecule has 1 rings (SSSR count). The van der Waals surface area contributed by atoms with E-state index in [1.165, 1.54) is 51.5 Å². The van der Waals surface area contributed by atoms with Crippen molar-refractivity contribution in [2.45, 2.75) is 57.9 Å². The molecular formula is C12H24ClN. The van der Waals surface area contributed by atoms with Crippen LogP contribution in [0.2, 0.25) is 0 Å². The van der Waals surface area contributed by atoms with E-state index in [-0.39, 0.29) is 0 Å². The Balaban J connectivity index is 2.13. The zero-order valence-corrected chi connectivity index (χ0v) is 10.2. The Hall–Kier alpha value is 0.250. The zero-order chi connectivity index (χ0) is 10.2. The van der Waals surface area contributed by atoms with Crippen molar-refractivity contribution in [3.8, 4) is 0 Å². The summed E-state index contributed by atoms with van der Waals surface area (Å²) in [5.41, 5.74) is 0. The third-order valence-electron chi connectivity index (χ3n) is 3.29. The smallest absolute Gasteiger partial charge is 0.0266 e. The first-order valence-electron chi connectivity index (χ1n) is 6.17. The summed E-state index contributed by atoms with van der Waals surface area (Å²) in [5.74, 6) is 1.57. The summed E-state index contributed by atoms with van der Waals surface area (Å²) in [6, 6.07) is 0.707. The highest BCUT2D eigenvalue weighted by atomic mass is 35.5. The van der Waals surface area contributed by atoms with Crippen molar-refractivity contribution in [2.24, 2.45) is 5.92 Å². The van der Waals surface area contributed by atoms with Crippen molar-refractivity contribution in [1.82, 2.24) is 5.32 Å². The molecule has 2 atom stereocenters. The quantitative estimate of drug-likeness (QED) is 0.530. The summed E-state index contributed by atoms with van der Waals surface area (Å²) in [5, 5.41) is 3.67. The summed E-state index contributed by atoms with van der Waals surface area (Å²) in [7, 11) is 0. The molecule has 1 nitrogen and oxygen atoms in total. The summed E-state index contributed by atoms with van der Waals surface area (Å²) in [6.07, 6.45) is 9.42. The Morgan fingerprint density at radius 2 is 2.00 bits per heavy atom. The van der Waals surface area contributed by atoms with Gasteiger partial charge >= 0.3 is 0 Å². The molecule has 1 N–H and O–H groups in total. The average Bonchev–Trinajstić information content (AvgIpc) is 2.25. The van der Waals surface area contributed by atoms with Crippen LogP contribution in [0.1, 0.15) is 51.9 Å². The minimum Gasteiger partial charge on any atom is -0.314 e. The van der Waals surface area contributed by atoms with E-state index in [9.17, 15) is 0 Å². The molecule has 0 aromatic carbocycles. The maximum Gasteiger partial charge on any atom is 0.0266 e. The van der Waals surface area contributed by atoms with Crippen LogP contribution in [0.5, 0.6) is 0 Å². The standard InChI is InChI=1S/C12H24ClN/c1-2-3-6-9-14-12-8-5-4-7-11(12)10-13/h11-12,14H,2-10H2,1H3. The van der Waals surface area contributed by atoms with Crippen LogP contribution >= 0.6 is 11.6 Å². The number of halogens is 1. The molecule has 0 amide bonds. The van der Waals surface area contributed by atoms with Gasteiger partial charge in [0, 0.05) is 11.9 Å². The summed E-state index contributed by atoms with van der Waals surface area (Å²) in [6.45, 7) is 3.44. The molecule has 2 heteroatoms. The van der Waals surface area contributed by atoms with E-state index in [1.807, 2.05) is 0 Å². The van der Waals surface area contributed by atoms with Crippen molar-refractivity contribution in [1.29, 1.82) is 0 Å². The minimum atomic E-state index is 0.707. The lowest BCUT2D eigenvalue weighted by Crippen LogP contribution is -2.39. The van der Waals surface area contributed by atoms with Gasteiger partial charge in [0.05, 0.1) is 0 Å². The van der Waals surface area contributed by atoms with Crippen LogP contribution in [-0.4, -0.2) is 18.5 Å². The SMILES string of the molecule is CCCCCNC1CCCCC1CCl. The van der Waals surface area contributed by atoms with Gasteiger partial charge in [-0.2, -0.15) is 0 Å². The van der Waals surface area contributed by atoms with Gasteiger partial charge in [-0.3, -0.25) is 0 Å². The monoisotopic (exact) mass is 217 g/mol. The average molecular weight is 218 g/mol. The molecular weight excluding hydrogens is 194 g/mol. The second-order valence-corrected chi connectivity index (χ2v) is 4.78. The molecule has 0 aliphatic heterocycles. The van der Waals surface area contributed by atoms with Gasteiger partial charge in [0.25, 0.3) is 0 Å². The van der Waals surface area contributed by atoms with Crippen molar-refractivity contribution in [3.05, 3.63) is 0 Å². The fourth-order valence-electron chi connectivity index (χ4n) is 2.32. The van der Waals surface area contributed by atoms with Crippen LogP contribution < -0.4 is 5.32 Å². The van der Waals surface area contributed by atoms with Crippen LogP contribution in [0.25, 0.3) is 0 Å². The molecule has 84 valence electrons. The summed E-state index contributed by atoms with van der Waals surface area (Å²) in [4.78, 5) is 0. The Morgan fingerprint density at radius 3 is 2.71 bits per heavy atom. The summed E-state index contributed by atoms with van der Waals surface area (Å²) < 4.78 is 0. The van der Waals surface area contributed by atoms with E-state index in [2.05, 4.69) is 12.2 Å². The Bertz CT molecular complexity index is 138. The van der Waals surface area contributed by atoms with Gasteiger partial charge in [-0.1, -0.05) is 32.6 Å². The summed E-state index contributed by atoms with van der Waals surface area (Å²) >= 11 is 5.98. The minimum absolute atomic E-state index is 0.707.